The number of nitrogens with one attached hydrogen (secondary N) is 2. The number of carbonyl (C=O) groups is 4. The highest BCUT2D eigenvalue weighted by Crippen LogP contribution is 2.40. The van der Waals surface area contributed by atoms with E-state index in [0.29, 0.717) is 11.3 Å². The van der Waals surface area contributed by atoms with Gasteiger partial charge in [0, 0.05) is 11.5 Å². The molecule has 0 aromatic carbocycles. The zero-order valence-corrected chi connectivity index (χ0v) is 18.2. The van der Waals surface area contributed by atoms with Crippen LogP contribution in [0.2, 0.25) is 0 Å². The summed E-state index contributed by atoms with van der Waals surface area (Å²) in [7, 11) is 0. The van der Waals surface area contributed by atoms with Crippen molar-refractivity contribution in [2.75, 3.05) is 24.7 Å². The van der Waals surface area contributed by atoms with Crippen LogP contribution in [0.5, 0.6) is 11.5 Å². The van der Waals surface area contributed by atoms with Crippen LogP contribution in [-0.2, 0) is 19.1 Å². The van der Waals surface area contributed by atoms with Crippen LogP contribution in [0.3, 0.4) is 0 Å². The van der Waals surface area contributed by atoms with Crippen molar-refractivity contribution in [1.29, 1.82) is 0 Å². The molecule has 0 aliphatic rings. The minimum absolute atomic E-state index is 0.0702. The second kappa shape index (κ2) is 11.8. The average Bonchev–Trinajstić information content (AvgIpc) is 2.99. The van der Waals surface area contributed by atoms with Crippen LogP contribution in [0.4, 0.5) is 0 Å². The van der Waals surface area contributed by atoms with Crippen molar-refractivity contribution in [3.05, 3.63) is 9.75 Å². The molecule has 4 N–H and O–H groups in total. The van der Waals surface area contributed by atoms with Gasteiger partial charge in [-0.1, -0.05) is 0 Å². The van der Waals surface area contributed by atoms with E-state index in [2.05, 4.69) is 35.9 Å². The Morgan fingerprint density at radius 1 is 0.862 bits per heavy atom. The van der Waals surface area contributed by atoms with Gasteiger partial charge in [-0.3, -0.25) is 9.59 Å². The van der Waals surface area contributed by atoms with Crippen molar-refractivity contribution in [3.63, 3.8) is 0 Å². The van der Waals surface area contributed by atoms with E-state index in [1.807, 2.05) is 0 Å². The van der Waals surface area contributed by atoms with Gasteiger partial charge in [0.1, 0.15) is 21.8 Å². The van der Waals surface area contributed by atoms with Crippen LogP contribution in [-0.4, -0.2) is 70.8 Å². The molecule has 2 atom stereocenters. The summed E-state index contributed by atoms with van der Waals surface area (Å²) in [4.78, 5) is 47.5. The van der Waals surface area contributed by atoms with Gasteiger partial charge >= 0.3 is 11.9 Å². The van der Waals surface area contributed by atoms with Gasteiger partial charge in [-0.05, 0) is 13.8 Å². The van der Waals surface area contributed by atoms with Gasteiger partial charge in [0.05, 0.1) is 13.2 Å². The van der Waals surface area contributed by atoms with Crippen LogP contribution in [0.25, 0.3) is 0 Å². The molecule has 0 aliphatic carbocycles. The van der Waals surface area contributed by atoms with E-state index >= 15 is 0 Å². The molecule has 0 radical (unpaired) electrons. The summed E-state index contributed by atoms with van der Waals surface area (Å²) < 4.78 is 9.60. The topological polar surface area (TPSA) is 151 Å². The first-order chi connectivity index (χ1) is 13.7. The maximum Gasteiger partial charge on any atom is 0.329 e. The number of amides is 2. The lowest BCUT2D eigenvalue weighted by Gasteiger charge is -2.14. The van der Waals surface area contributed by atoms with E-state index in [1.54, 1.807) is 13.8 Å². The van der Waals surface area contributed by atoms with Gasteiger partial charge in [0.25, 0.3) is 11.8 Å². The maximum absolute atomic E-state index is 12.4. The monoisotopic (exact) mass is 466 g/mol. The molecule has 1 aromatic heterocycles. The molecule has 162 valence electrons. The van der Waals surface area contributed by atoms with Crippen LogP contribution in [0, 0.1) is 0 Å². The summed E-state index contributed by atoms with van der Waals surface area (Å²) in [6.07, 6.45) is 0. The number of esters is 2. The Balaban J connectivity index is 3.01. The molecule has 0 fully saturated rings. The number of carbonyl (C=O) groups excluding carboxylic acids is 4. The Kier molecular flexibility index (Phi) is 10.1. The molecule has 13 heteroatoms. The molecule has 1 aromatic rings. The highest BCUT2D eigenvalue weighted by Gasteiger charge is 2.31. The summed E-state index contributed by atoms with van der Waals surface area (Å²) in [5.41, 5.74) is 0. The van der Waals surface area contributed by atoms with Gasteiger partial charge in [0.2, 0.25) is 0 Å². The van der Waals surface area contributed by atoms with E-state index < -0.39 is 57.1 Å². The van der Waals surface area contributed by atoms with Gasteiger partial charge < -0.3 is 30.3 Å². The normalized spacial score (nSPS) is 12.6. The molecule has 0 aliphatic heterocycles. The van der Waals surface area contributed by atoms with Crippen LogP contribution < -0.4 is 10.6 Å². The van der Waals surface area contributed by atoms with Crippen LogP contribution in [0.15, 0.2) is 0 Å². The molecule has 0 saturated carbocycles. The van der Waals surface area contributed by atoms with Crippen molar-refractivity contribution in [3.8, 4) is 11.5 Å². The number of thiol groups is 2. The Morgan fingerprint density at radius 3 is 1.48 bits per heavy atom. The van der Waals surface area contributed by atoms with E-state index in [0.717, 1.165) is 0 Å². The minimum atomic E-state index is -1.09. The van der Waals surface area contributed by atoms with Crippen molar-refractivity contribution in [2.45, 2.75) is 25.9 Å². The summed E-state index contributed by atoms with van der Waals surface area (Å²) in [5, 5.41) is 24.7. The van der Waals surface area contributed by atoms with Crippen molar-refractivity contribution in [2.24, 2.45) is 0 Å². The number of ether oxygens (including phenoxy) is 2. The second-order valence-corrected chi connectivity index (χ2v) is 7.13. The van der Waals surface area contributed by atoms with Crippen molar-refractivity contribution >= 4 is 60.3 Å². The van der Waals surface area contributed by atoms with Gasteiger partial charge in [-0.25, -0.2) is 9.59 Å². The summed E-state index contributed by atoms with van der Waals surface area (Å²) in [6.45, 7) is 3.39. The van der Waals surface area contributed by atoms with Crippen LogP contribution >= 0.6 is 36.6 Å². The van der Waals surface area contributed by atoms with E-state index in [4.69, 9.17) is 9.47 Å². The quantitative estimate of drug-likeness (QED) is 0.213. The lowest BCUT2D eigenvalue weighted by molar-refractivity contribution is -0.145. The highest BCUT2D eigenvalue weighted by atomic mass is 32.1. The first-order valence-corrected chi connectivity index (χ1v) is 10.5. The second-order valence-electron chi connectivity index (χ2n) is 5.38. The lowest BCUT2D eigenvalue weighted by atomic mass is 10.2. The summed E-state index contributed by atoms with van der Waals surface area (Å²) in [5.74, 6) is -5.08. The number of hydrogen-bond acceptors (Lipinski definition) is 11. The smallest absolute Gasteiger partial charge is 0.329 e. The summed E-state index contributed by atoms with van der Waals surface area (Å²) in [6, 6.07) is -2.19. The highest BCUT2D eigenvalue weighted by molar-refractivity contribution is 7.80. The third-order valence-electron chi connectivity index (χ3n) is 3.39. The molecule has 0 bridgehead atoms. The molecule has 10 nitrogen and oxygen atoms in total. The van der Waals surface area contributed by atoms with E-state index in [-0.39, 0.29) is 24.7 Å². The van der Waals surface area contributed by atoms with Crippen molar-refractivity contribution < 1.29 is 38.9 Å². The zero-order valence-electron chi connectivity index (χ0n) is 15.6. The molecular formula is C16H22N2O8S3. The minimum Gasteiger partial charge on any atom is -0.503 e. The molecule has 0 saturated heterocycles. The van der Waals surface area contributed by atoms with E-state index in [1.165, 1.54) is 0 Å². The number of rotatable bonds is 10. The Morgan fingerprint density at radius 2 is 1.21 bits per heavy atom. The number of thiophene rings is 1. The van der Waals surface area contributed by atoms with Crippen molar-refractivity contribution in [1.82, 2.24) is 10.6 Å². The molecule has 0 spiro atoms. The first-order valence-electron chi connectivity index (χ1n) is 8.43. The molecule has 2 unspecified atom stereocenters. The SMILES string of the molecule is CCOC(=O)C(CS)NC(=O)c1sc(C(=O)NC(CS)C(=O)OCC)c(O)c1O. The third kappa shape index (κ3) is 6.44. The fourth-order valence-electron chi connectivity index (χ4n) is 2.01. The summed E-state index contributed by atoms with van der Waals surface area (Å²) >= 11 is 8.41. The molecule has 29 heavy (non-hydrogen) atoms. The average molecular weight is 467 g/mol. The van der Waals surface area contributed by atoms with E-state index in [9.17, 15) is 29.4 Å². The molecule has 1 heterocycles. The molecule has 1 rings (SSSR count). The zero-order chi connectivity index (χ0) is 22.1. The Bertz CT molecular complexity index is 707. The predicted octanol–water partition coefficient (Wildman–Crippen LogP) is 0.342. The van der Waals surface area contributed by atoms with Crippen LogP contribution in [0.1, 0.15) is 33.2 Å². The van der Waals surface area contributed by atoms with Gasteiger partial charge in [-0.2, -0.15) is 25.3 Å². The lowest BCUT2D eigenvalue weighted by Crippen LogP contribution is -2.43. The number of aromatic hydroxyl groups is 2. The van der Waals surface area contributed by atoms with Gasteiger partial charge in [-0.15, -0.1) is 11.3 Å². The standard InChI is InChI=1S/C16H22N2O8S3/c1-3-25-15(23)7(5-27)17-13(21)11-9(19)10(20)12(29-11)14(22)18-8(6-28)16(24)26-4-2/h7-8,19-20,27-28H,3-6H2,1-2H3,(H,17,21)(H,18,22). The fourth-order valence-corrected chi connectivity index (χ4v) is 3.39. The third-order valence-corrected chi connectivity index (χ3v) is 5.29. The number of hydrogen-bond donors (Lipinski definition) is 6. The Hall–Kier alpha value is -2.12. The maximum atomic E-state index is 12.4. The Labute approximate surface area is 181 Å². The molecule has 2 amide bonds. The fraction of sp³-hybridized carbons (Fsp3) is 0.500. The predicted molar refractivity (Wildman–Crippen MR) is 111 cm³/mol. The molecular weight excluding hydrogens is 444 g/mol. The largest absolute Gasteiger partial charge is 0.503 e. The first kappa shape index (κ1) is 24.9. The van der Waals surface area contributed by atoms with Gasteiger partial charge in [0.15, 0.2) is 11.5 Å².